The monoisotopic (exact) mass is 420 g/mol. The Balaban J connectivity index is 1.58. The molecule has 2 aromatic carbocycles. The third-order valence-electron chi connectivity index (χ3n) is 5.55. The number of fused-ring (bicyclic) bond motifs is 3. The van der Waals surface area contributed by atoms with Crippen LogP contribution in [0.4, 0.5) is 18.9 Å². The lowest BCUT2D eigenvalue weighted by molar-refractivity contribution is -0.137. The number of anilines is 1. The van der Waals surface area contributed by atoms with Gasteiger partial charge in [0.1, 0.15) is 11.9 Å². The molecule has 2 heterocycles. The average molecular weight is 420 g/mol. The molecule has 2 unspecified atom stereocenters. The van der Waals surface area contributed by atoms with E-state index in [9.17, 15) is 18.0 Å². The fourth-order valence-corrected chi connectivity index (χ4v) is 4.08. The zero-order valence-electron chi connectivity index (χ0n) is 16.6. The summed E-state index contributed by atoms with van der Waals surface area (Å²) in [7, 11) is 1.58. The van der Waals surface area contributed by atoms with E-state index in [0.717, 1.165) is 17.7 Å². The predicted octanol–water partition coefficient (Wildman–Crippen LogP) is 3.72. The number of ether oxygens (including phenoxy) is 2. The Bertz CT molecular complexity index is 901. The smallest absolute Gasteiger partial charge is 0.416 e. The van der Waals surface area contributed by atoms with Gasteiger partial charge in [-0.15, -0.1) is 0 Å². The van der Waals surface area contributed by atoms with E-state index in [1.165, 1.54) is 12.1 Å². The van der Waals surface area contributed by atoms with E-state index < -0.39 is 17.8 Å². The second kappa shape index (κ2) is 8.28. The van der Waals surface area contributed by atoms with E-state index in [1.807, 2.05) is 29.2 Å². The van der Waals surface area contributed by atoms with Crippen LogP contribution in [-0.2, 0) is 22.3 Å². The summed E-state index contributed by atoms with van der Waals surface area (Å²) in [4.78, 5) is 17.1. The summed E-state index contributed by atoms with van der Waals surface area (Å²) in [5, 5.41) is 0. The van der Waals surface area contributed by atoms with Crippen molar-refractivity contribution in [2.45, 2.75) is 31.3 Å². The van der Waals surface area contributed by atoms with Gasteiger partial charge in [-0.3, -0.25) is 9.69 Å². The number of rotatable bonds is 5. The molecule has 1 saturated heterocycles. The van der Waals surface area contributed by atoms with Crippen LogP contribution in [0.3, 0.4) is 0 Å². The molecule has 1 amide bonds. The fraction of sp³-hybridized carbons (Fsp3) is 0.409. The van der Waals surface area contributed by atoms with Crippen LogP contribution in [0.25, 0.3) is 0 Å². The lowest BCUT2D eigenvalue weighted by Gasteiger charge is -2.31. The second-order valence-electron chi connectivity index (χ2n) is 7.57. The molecule has 2 bridgehead atoms. The van der Waals surface area contributed by atoms with E-state index in [2.05, 4.69) is 0 Å². The average Bonchev–Trinajstić information content (AvgIpc) is 3.11. The molecule has 0 saturated carbocycles. The number of carbonyl (C=O) groups is 1. The van der Waals surface area contributed by atoms with Crippen LogP contribution in [0.1, 0.15) is 17.5 Å². The molecule has 0 aromatic heterocycles. The van der Waals surface area contributed by atoms with Crippen molar-refractivity contribution in [2.24, 2.45) is 0 Å². The van der Waals surface area contributed by atoms with E-state index in [1.54, 1.807) is 12.0 Å². The second-order valence-corrected chi connectivity index (χ2v) is 7.57. The van der Waals surface area contributed by atoms with Crippen molar-refractivity contribution in [3.63, 3.8) is 0 Å². The van der Waals surface area contributed by atoms with Gasteiger partial charge >= 0.3 is 6.18 Å². The Morgan fingerprint density at radius 1 is 1.13 bits per heavy atom. The zero-order chi connectivity index (χ0) is 21.3. The summed E-state index contributed by atoms with van der Waals surface area (Å²) in [6.07, 6.45) is -3.98. The molecular weight excluding hydrogens is 397 g/mol. The lowest BCUT2D eigenvalue weighted by Crippen LogP contribution is -2.47. The number of hydrogen-bond acceptors (Lipinski definition) is 4. The van der Waals surface area contributed by atoms with Crippen LogP contribution in [0.5, 0.6) is 5.75 Å². The van der Waals surface area contributed by atoms with Crippen molar-refractivity contribution in [3.8, 4) is 5.75 Å². The molecule has 0 spiro atoms. The molecule has 5 nitrogen and oxygen atoms in total. The van der Waals surface area contributed by atoms with Crippen molar-refractivity contribution in [1.29, 1.82) is 0 Å². The van der Waals surface area contributed by atoms with Gasteiger partial charge in [0, 0.05) is 33.2 Å². The standard InChI is InChI=1S/C22H23F3N2O3/c1-29-11-10-27-18-4-2-3-5-20(18)30-17-12-19(21(27)28)26(14-17)13-15-6-8-16(9-7-15)22(23,24)25/h2-9,17,19H,10-14H2,1H3. The largest absolute Gasteiger partial charge is 0.487 e. The molecule has 2 aliphatic rings. The van der Waals surface area contributed by atoms with Crippen molar-refractivity contribution in [2.75, 3.05) is 31.7 Å². The van der Waals surface area contributed by atoms with Crippen molar-refractivity contribution < 1.29 is 27.4 Å². The number of benzene rings is 2. The molecule has 8 heteroatoms. The quantitative estimate of drug-likeness (QED) is 0.740. The van der Waals surface area contributed by atoms with E-state index in [0.29, 0.717) is 44.1 Å². The van der Waals surface area contributed by atoms with Gasteiger partial charge in [0.2, 0.25) is 5.91 Å². The molecule has 0 radical (unpaired) electrons. The molecule has 0 aliphatic carbocycles. The molecule has 160 valence electrons. The summed E-state index contributed by atoms with van der Waals surface area (Å²) in [5.41, 5.74) is 0.757. The third-order valence-corrected chi connectivity index (χ3v) is 5.55. The summed E-state index contributed by atoms with van der Waals surface area (Å²) >= 11 is 0. The van der Waals surface area contributed by atoms with Crippen LogP contribution in [0, 0.1) is 0 Å². The molecular formula is C22H23F3N2O3. The SMILES string of the molecule is COCCN1C(=O)C2CC(CN2Cc2ccc(C(F)(F)F)cc2)Oc2ccccc21. The maximum absolute atomic E-state index is 13.4. The van der Waals surface area contributed by atoms with Crippen molar-refractivity contribution in [1.82, 2.24) is 4.90 Å². The van der Waals surface area contributed by atoms with E-state index >= 15 is 0 Å². The first-order valence-electron chi connectivity index (χ1n) is 9.83. The van der Waals surface area contributed by atoms with Crippen LogP contribution in [0.2, 0.25) is 0 Å². The minimum atomic E-state index is -4.37. The molecule has 30 heavy (non-hydrogen) atoms. The minimum Gasteiger partial charge on any atom is -0.487 e. The molecule has 0 N–H and O–H groups in total. The Labute approximate surface area is 173 Å². The molecule has 2 aliphatic heterocycles. The number of alkyl halides is 3. The number of para-hydroxylation sites is 2. The highest BCUT2D eigenvalue weighted by Crippen LogP contribution is 2.36. The van der Waals surface area contributed by atoms with Crippen LogP contribution in [0.15, 0.2) is 48.5 Å². The Kier molecular flexibility index (Phi) is 5.71. The van der Waals surface area contributed by atoms with Gasteiger partial charge in [-0.25, -0.2) is 0 Å². The van der Waals surface area contributed by atoms with Gasteiger partial charge < -0.3 is 14.4 Å². The lowest BCUT2D eigenvalue weighted by atomic mass is 10.1. The van der Waals surface area contributed by atoms with Gasteiger partial charge in [0.15, 0.2) is 0 Å². The maximum Gasteiger partial charge on any atom is 0.416 e. The van der Waals surface area contributed by atoms with Gasteiger partial charge in [0.25, 0.3) is 0 Å². The number of amides is 1. The summed E-state index contributed by atoms with van der Waals surface area (Å²) < 4.78 is 49.9. The highest BCUT2D eigenvalue weighted by molar-refractivity contribution is 5.99. The summed E-state index contributed by atoms with van der Waals surface area (Å²) in [6, 6.07) is 12.1. The van der Waals surface area contributed by atoms with Crippen molar-refractivity contribution >= 4 is 11.6 Å². The first-order chi connectivity index (χ1) is 14.4. The highest BCUT2D eigenvalue weighted by Gasteiger charge is 2.42. The first-order valence-corrected chi connectivity index (χ1v) is 9.83. The Morgan fingerprint density at radius 2 is 1.87 bits per heavy atom. The fourth-order valence-electron chi connectivity index (χ4n) is 4.08. The van der Waals surface area contributed by atoms with Crippen LogP contribution in [-0.4, -0.2) is 49.8 Å². The van der Waals surface area contributed by atoms with Gasteiger partial charge in [0.05, 0.1) is 23.9 Å². The number of likely N-dealkylation sites (tertiary alicyclic amines) is 1. The topological polar surface area (TPSA) is 42.0 Å². The van der Waals surface area contributed by atoms with Crippen molar-refractivity contribution in [3.05, 3.63) is 59.7 Å². The summed E-state index contributed by atoms with van der Waals surface area (Å²) in [6.45, 7) is 1.69. The third kappa shape index (κ3) is 4.15. The van der Waals surface area contributed by atoms with Crippen LogP contribution >= 0.6 is 0 Å². The van der Waals surface area contributed by atoms with Crippen LogP contribution < -0.4 is 9.64 Å². The number of hydrogen-bond donors (Lipinski definition) is 0. The summed E-state index contributed by atoms with van der Waals surface area (Å²) in [5.74, 6) is 0.610. The number of nitrogens with zero attached hydrogens (tertiary/aromatic N) is 2. The number of methoxy groups -OCH3 is 1. The van der Waals surface area contributed by atoms with E-state index in [4.69, 9.17) is 9.47 Å². The predicted molar refractivity (Wildman–Crippen MR) is 105 cm³/mol. The molecule has 4 rings (SSSR count). The maximum atomic E-state index is 13.4. The highest BCUT2D eigenvalue weighted by atomic mass is 19.4. The number of carbonyl (C=O) groups excluding carboxylic acids is 1. The first kappa shape index (κ1) is 20.7. The van der Waals surface area contributed by atoms with Gasteiger partial charge in [-0.05, 0) is 29.8 Å². The number of halogens is 3. The molecule has 2 aromatic rings. The van der Waals surface area contributed by atoms with E-state index in [-0.39, 0.29) is 12.0 Å². The minimum absolute atomic E-state index is 0.0442. The normalized spacial score (nSPS) is 21.7. The molecule has 2 atom stereocenters. The Hall–Kier alpha value is -2.58. The van der Waals surface area contributed by atoms with Gasteiger partial charge in [-0.1, -0.05) is 24.3 Å². The Morgan fingerprint density at radius 3 is 2.57 bits per heavy atom. The molecule has 1 fully saturated rings. The zero-order valence-corrected chi connectivity index (χ0v) is 16.6. The van der Waals surface area contributed by atoms with Gasteiger partial charge in [-0.2, -0.15) is 13.2 Å².